The first kappa shape index (κ1) is 52.8. The molecule has 0 radical (unpaired) electrons. The Morgan fingerprint density at radius 2 is 0.815 bits per heavy atom. The smallest absolute Gasteiger partial charge is 0.267 e. The Morgan fingerprint density at radius 3 is 1.17 bits per heavy atom. The number of allylic oxidation sites excluding steroid dienone is 3. The Hall–Kier alpha value is -1.22. The van der Waals surface area contributed by atoms with Crippen LogP contribution in [0, 0.1) is 0 Å². The second-order valence-corrected chi connectivity index (χ2v) is 17.7. The number of aliphatic hydroxyl groups excluding tert-OH is 2. The second kappa shape index (κ2) is 40.0. The Labute approximate surface area is 335 Å². The van der Waals surface area contributed by atoms with Crippen molar-refractivity contribution in [1.29, 1.82) is 0 Å². The zero-order valence-corrected chi connectivity index (χ0v) is 36.3. The lowest BCUT2D eigenvalue weighted by Crippen LogP contribution is -2.50. The van der Waals surface area contributed by atoms with E-state index in [9.17, 15) is 28.0 Å². The van der Waals surface area contributed by atoms with Crippen LogP contribution >= 0.6 is 0 Å². The number of hydrogen-bond donors (Lipinski definition) is 4. The molecule has 8 heteroatoms. The maximum Gasteiger partial charge on any atom is 0.267 e. The van der Waals surface area contributed by atoms with E-state index in [-0.39, 0.29) is 6.42 Å². The largest absolute Gasteiger partial charge is 0.387 e. The van der Waals surface area contributed by atoms with Crippen molar-refractivity contribution in [1.82, 2.24) is 5.32 Å². The molecule has 0 bridgehead atoms. The molecule has 0 heterocycles. The molecule has 7 nitrogen and oxygen atoms in total. The van der Waals surface area contributed by atoms with Gasteiger partial charge in [-0.3, -0.25) is 9.35 Å². The third-order valence-electron chi connectivity index (χ3n) is 10.7. The van der Waals surface area contributed by atoms with Crippen molar-refractivity contribution in [2.24, 2.45) is 0 Å². The lowest BCUT2D eigenvalue weighted by Gasteiger charge is -2.22. The summed E-state index contributed by atoms with van der Waals surface area (Å²) in [5, 5.41) is 23.5. The molecular formula is C46H89NO6S. The lowest BCUT2D eigenvalue weighted by molar-refractivity contribution is -0.130. The average molecular weight is 784 g/mol. The van der Waals surface area contributed by atoms with Crippen LogP contribution in [0.25, 0.3) is 0 Å². The van der Waals surface area contributed by atoms with Crippen molar-refractivity contribution >= 4 is 16.0 Å². The van der Waals surface area contributed by atoms with Gasteiger partial charge < -0.3 is 15.5 Å². The maximum absolute atomic E-state index is 12.6. The summed E-state index contributed by atoms with van der Waals surface area (Å²) in [4.78, 5) is 12.6. The first-order valence-corrected chi connectivity index (χ1v) is 24.8. The van der Waals surface area contributed by atoms with Gasteiger partial charge in [-0.2, -0.15) is 8.42 Å². The number of carbonyl (C=O) groups excluding carboxylic acids is 1. The molecule has 4 N–H and O–H groups in total. The van der Waals surface area contributed by atoms with Gasteiger partial charge >= 0.3 is 0 Å². The Morgan fingerprint density at radius 1 is 0.500 bits per heavy atom. The molecule has 0 aromatic rings. The van der Waals surface area contributed by atoms with E-state index >= 15 is 0 Å². The summed E-state index contributed by atoms with van der Waals surface area (Å²) >= 11 is 0. The predicted molar refractivity (Wildman–Crippen MR) is 232 cm³/mol. The molecule has 0 aliphatic carbocycles. The number of rotatable bonds is 42. The Bertz CT molecular complexity index is 968. The molecule has 0 saturated heterocycles. The standard InChI is InChI=1S/C46H89NO6S/c1-3-5-7-9-11-13-15-17-19-21-22-23-24-25-27-29-31-33-35-37-39-41-45(49)46(50)47-43(42-54(51,52)53)44(48)40-38-36-34-32-30-28-26-20-18-16-14-12-10-8-6-4-2/h24-25,38,40,43-45,48-49H,3-23,26-37,39,41-42H2,1-2H3,(H,47,50)(H,51,52,53)/b25-24-,40-38+. The third kappa shape index (κ3) is 39.0. The molecule has 1 amide bonds. The second-order valence-electron chi connectivity index (χ2n) is 16.2. The fourth-order valence-electron chi connectivity index (χ4n) is 7.16. The summed E-state index contributed by atoms with van der Waals surface area (Å²) in [7, 11) is -4.44. The molecule has 0 spiro atoms. The van der Waals surface area contributed by atoms with Crippen molar-refractivity contribution in [3.05, 3.63) is 24.3 Å². The Balaban J connectivity index is 3.95. The normalized spacial score (nSPS) is 13.9. The van der Waals surface area contributed by atoms with Crippen LogP contribution in [-0.4, -0.2) is 53.1 Å². The number of amides is 1. The lowest BCUT2D eigenvalue weighted by atomic mass is 10.0. The highest BCUT2D eigenvalue weighted by Gasteiger charge is 2.27. The van der Waals surface area contributed by atoms with Crippen LogP contribution < -0.4 is 5.32 Å². The van der Waals surface area contributed by atoms with Crippen LogP contribution in [0.2, 0.25) is 0 Å². The number of nitrogens with one attached hydrogen (secondary N) is 1. The molecule has 0 aliphatic heterocycles. The fourth-order valence-corrected chi connectivity index (χ4v) is 7.89. The first-order chi connectivity index (χ1) is 26.2. The van der Waals surface area contributed by atoms with Gasteiger partial charge in [-0.1, -0.05) is 218 Å². The van der Waals surface area contributed by atoms with Crippen molar-refractivity contribution in [3.8, 4) is 0 Å². The molecule has 3 atom stereocenters. The number of hydrogen-bond acceptors (Lipinski definition) is 5. The van der Waals surface area contributed by atoms with Crippen molar-refractivity contribution in [3.63, 3.8) is 0 Å². The highest BCUT2D eigenvalue weighted by molar-refractivity contribution is 7.85. The van der Waals surface area contributed by atoms with Crippen LogP contribution in [0.1, 0.15) is 239 Å². The summed E-state index contributed by atoms with van der Waals surface area (Å²) in [5.41, 5.74) is 0. The SMILES string of the molecule is CCCCCCCCCCCCC/C=C\CCCCCCCCC(O)C(=O)NC(CS(=O)(=O)O)C(O)/C=C/CCCCCCCCCCCCCCCC. The van der Waals surface area contributed by atoms with Crippen LogP contribution in [-0.2, 0) is 14.9 Å². The molecule has 0 rings (SSSR count). The van der Waals surface area contributed by atoms with E-state index in [1.165, 1.54) is 173 Å². The molecule has 0 saturated carbocycles. The molecule has 0 fully saturated rings. The zero-order chi connectivity index (χ0) is 39.8. The van der Waals surface area contributed by atoms with E-state index in [4.69, 9.17) is 0 Å². The third-order valence-corrected chi connectivity index (χ3v) is 11.5. The van der Waals surface area contributed by atoms with Gasteiger partial charge in [0.15, 0.2) is 0 Å². The van der Waals surface area contributed by atoms with E-state index in [0.717, 1.165) is 44.9 Å². The minimum atomic E-state index is -4.44. The molecule has 0 aromatic heterocycles. The topological polar surface area (TPSA) is 124 Å². The van der Waals surface area contributed by atoms with Crippen LogP contribution in [0.3, 0.4) is 0 Å². The van der Waals surface area contributed by atoms with Gasteiger partial charge in [0.2, 0.25) is 5.91 Å². The summed E-state index contributed by atoms with van der Waals surface area (Å²) < 4.78 is 32.6. The van der Waals surface area contributed by atoms with Gasteiger partial charge in [0.25, 0.3) is 10.1 Å². The summed E-state index contributed by atoms with van der Waals surface area (Å²) in [6.45, 7) is 4.53. The highest BCUT2D eigenvalue weighted by Crippen LogP contribution is 2.16. The summed E-state index contributed by atoms with van der Waals surface area (Å²) in [6, 6.07) is -1.23. The van der Waals surface area contributed by atoms with E-state index < -0.39 is 40.0 Å². The van der Waals surface area contributed by atoms with Crippen molar-refractivity contribution in [2.75, 3.05) is 5.75 Å². The fraction of sp³-hybridized carbons (Fsp3) is 0.891. The number of carbonyl (C=O) groups is 1. The van der Waals surface area contributed by atoms with E-state index in [1.807, 2.05) is 0 Å². The zero-order valence-electron chi connectivity index (χ0n) is 35.5. The minimum Gasteiger partial charge on any atom is -0.387 e. The number of aliphatic hydroxyl groups is 2. The molecule has 3 unspecified atom stereocenters. The van der Waals surface area contributed by atoms with Gasteiger partial charge in [0.05, 0.1) is 17.9 Å². The van der Waals surface area contributed by atoms with Gasteiger partial charge in [-0.05, 0) is 44.9 Å². The summed E-state index contributed by atoms with van der Waals surface area (Å²) in [6.07, 6.45) is 48.1. The molecular weight excluding hydrogens is 695 g/mol. The minimum absolute atomic E-state index is 0.275. The van der Waals surface area contributed by atoms with E-state index in [0.29, 0.717) is 6.42 Å². The first-order valence-electron chi connectivity index (χ1n) is 23.1. The van der Waals surface area contributed by atoms with Crippen molar-refractivity contribution in [2.45, 2.75) is 257 Å². The van der Waals surface area contributed by atoms with Crippen molar-refractivity contribution < 1.29 is 28.0 Å². The van der Waals surface area contributed by atoms with Crippen LogP contribution in [0.15, 0.2) is 24.3 Å². The number of unbranched alkanes of at least 4 members (excludes halogenated alkanes) is 31. The van der Waals surface area contributed by atoms with Gasteiger partial charge in [-0.15, -0.1) is 0 Å². The highest BCUT2D eigenvalue weighted by atomic mass is 32.2. The monoisotopic (exact) mass is 784 g/mol. The van der Waals surface area contributed by atoms with Gasteiger partial charge in [-0.25, -0.2) is 0 Å². The van der Waals surface area contributed by atoms with E-state index in [2.05, 4.69) is 31.3 Å². The molecule has 54 heavy (non-hydrogen) atoms. The quantitative estimate of drug-likeness (QED) is 0.0278. The van der Waals surface area contributed by atoms with Gasteiger partial charge in [0.1, 0.15) is 6.10 Å². The average Bonchev–Trinajstić information content (AvgIpc) is 3.14. The predicted octanol–water partition coefficient (Wildman–Crippen LogP) is 12.9. The van der Waals surface area contributed by atoms with Gasteiger partial charge in [0, 0.05) is 0 Å². The summed E-state index contributed by atoms with van der Waals surface area (Å²) in [5.74, 6) is -1.53. The van der Waals surface area contributed by atoms with E-state index in [1.54, 1.807) is 6.08 Å². The molecule has 320 valence electrons. The Kier molecular flexibility index (Phi) is 39.1. The molecule has 0 aliphatic rings. The van der Waals surface area contributed by atoms with Crippen LogP contribution in [0.5, 0.6) is 0 Å². The molecule has 0 aromatic carbocycles. The maximum atomic E-state index is 12.6. The van der Waals surface area contributed by atoms with Crippen LogP contribution in [0.4, 0.5) is 0 Å².